The van der Waals surface area contributed by atoms with Gasteiger partial charge >= 0.3 is 0 Å². The smallest absolute Gasteiger partial charge is 0.148 e. The van der Waals surface area contributed by atoms with Gasteiger partial charge in [0.1, 0.15) is 17.5 Å². The summed E-state index contributed by atoms with van der Waals surface area (Å²) >= 11 is 2.78. The van der Waals surface area contributed by atoms with Crippen molar-refractivity contribution in [2.75, 3.05) is 0 Å². The van der Waals surface area contributed by atoms with Gasteiger partial charge in [0, 0.05) is 17.2 Å². The number of rotatable bonds is 1. The third kappa shape index (κ3) is 2.22. The summed E-state index contributed by atoms with van der Waals surface area (Å²) in [7, 11) is 0. The van der Waals surface area contributed by atoms with E-state index in [0.717, 1.165) is 19.3 Å². The highest BCUT2D eigenvalue weighted by Gasteiger charge is 2.36. The molecule has 2 N–H and O–H groups in total. The summed E-state index contributed by atoms with van der Waals surface area (Å²) in [6.45, 7) is 0. The first kappa shape index (κ1) is 12.9. The van der Waals surface area contributed by atoms with Crippen molar-refractivity contribution in [3.63, 3.8) is 0 Å². The van der Waals surface area contributed by atoms with Gasteiger partial charge in [-0.15, -0.1) is 0 Å². The lowest BCUT2D eigenvalue weighted by atomic mass is 9.77. The minimum atomic E-state index is -1.01. The van der Waals surface area contributed by atoms with E-state index in [1.54, 1.807) is 0 Å². The molecule has 2 rings (SSSR count). The van der Waals surface area contributed by atoms with Crippen LogP contribution in [0.25, 0.3) is 0 Å². The molecular formula is C12H13BrF3N. The fourth-order valence-corrected chi connectivity index (χ4v) is 2.77. The lowest BCUT2D eigenvalue weighted by Gasteiger charge is -2.34. The van der Waals surface area contributed by atoms with Crippen molar-refractivity contribution in [2.45, 2.75) is 37.6 Å². The summed E-state index contributed by atoms with van der Waals surface area (Å²) in [4.78, 5) is 0. The fourth-order valence-electron chi connectivity index (χ4n) is 2.46. The number of halogens is 4. The lowest BCUT2D eigenvalue weighted by Crippen LogP contribution is -2.40. The molecule has 1 fully saturated rings. The zero-order valence-electron chi connectivity index (χ0n) is 9.20. The van der Waals surface area contributed by atoms with E-state index in [-0.39, 0.29) is 10.0 Å². The molecule has 0 bridgehead atoms. The van der Waals surface area contributed by atoms with Crippen molar-refractivity contribution in [1.82, 2.24) is 0 Å². The normalized spacial score (nSPS) is 19.4. The van der Waals surface area contributed by atoms with Gasteiger partial charge in [-0.2, -0.15) is 0 Å². The molecule has 1 aliphatic carbocycles. The average Bonchev–Trinajstić information content (AvgIpc) is 2.26. The highest BCUT2D eigenvalue weighted by Crippen LogP contribution is 2.39. The Morgan fingerprint density at radius 2 is 1.65 bits per heavy atom. The molecule has 0 spiro atoms. The molecule has 0 saturated heterocycles. The van der Waals surface area contributed by atoms with Crippen LogP contribution in [-0.2, 0) is 5.54 Å². The van der Waals surface area contributed by atoms with E-state index in [4.69, 9.17) is 5.73 Å². The molecule has 1 aromatic carbocycles. The largest absolute Gasteiger partial charge is 0.321 e. The summed E-state index contributed by atoms with van der Waals surface area (Å²) in [5, 5.41) is 0. The summed E-state index contributed by atoms with van der Waals surface area (Å²) in [5.74, 6) is -2.75. The van der Waals surface area contributed by atoms with Gasteiger partial charge in [0.2, 0.25) is 0 Å². The van der Waals surface area contributed by atoms with Crippen LogP contribution in [-0.4, -0.2) is 0 Å². The molecule has 0 unspecified atom stereocenters. The fraction of sp³-hybridized carbons (Fsp3) is 0.500. The molecule has 1 nitrogen and oxygen atoms in total. The minimum Gasteiger partial charge on any atom is -0.321 e. The van der Waals surface area contributed by atoms with Gasteiger partial charge in [-0.05, 0) is 28.8 Å². The standard InChI is InChI=1S/C12H13BrF3N/c13-10-8(15)6-7(14)9(11(10)16)12(17)4-2-1-3-5-12/h6H,1-5,17H2. The van der Waals surface area contributed by atoms with E-state index in [2.05, 4.69) is 15.9 Å². The first-order valence-corrected chi connectivity index (χ1v) is 6.37. The van der Waals surface area contributed by atoms with E-state index in [1.165, 1.54) is 0 Å². The SMILES string of the molecule is NC1(c2c(F)cc(F)c(Br)c2F)CCCCC1. The maximum Gasteiger partial charge on any atom is 0.148 e. The highest BCUT2D eigenvalue weighted by atomic mass is 79.9. The number of hydrogen-bond acceptors (Lipinski definition) is 1. The molecule has 17 heavy (non-hydrogen) atoms. The van der Waals surface area contributed by atoms with Crippen LogP contribution in [0.15, 0.2) is 10.5 Å². The van der Waals surface area contributed by atoms with Gasteiger partial charge in [0.05, 0.1) is 4.47 Å². The Labute approximate surface area is 106 Å². The zero-order valence-corrected chi connectivity index (χ0v) is 10.8. The number of nitrogens with two attached hydrogens (primary N) is 1. The topological polar surface area (TPSA) is 26.0 Å². The Morgan fingerprint density at radius 1 is 1.06 bits per heavy atom. The van der Waals surface area contributed by atoms with Gasteiger partial charge in [-0.1, -0.05) is 19.3 Å². The first-order valence-electron chi connectivity index (χ1n) is 5.58. The van der Waals surface area contributed by atoms with Gasteiger partial charge in [-0.3, -0.25) is 0 Å². The van der Waals surface area contributed by atoms with Gasteiger partial charge in [0.25, 0.3) is 0 Å². The van der Waals surface area contributed by atoms with Crippen LogP contribution < -0.4 is 5.73 Å². The van der Waals surface area contributed by atoms with Crippen LogP contribution in [0.3, 0.4) is 0 Å². The van der Waals surface area contributed by atoms with Crippen molar-refractivity contribution < 1.29 is 13.2 Å². The van der Waals surface area contributed by atoms with Crippen molar-refractivity contribution in [3.8, 4) is 0 Å². The predicted molar refractivity (Wildman–Crippen MR) is 63.0 cm³/mol. The van der Waals surface area contributed by atoms with Crippen LogP contribution in [0.4, 0.5) is 13.2 Å². The second kappa shape index (κ2) is 4.61. The molecular weight excluding hydrogens is 295 g/mol. The maximum absolute atomic E-state index is 13.9. The summed E-state index contributed by atoms with van der Waals surface area (Å²) in [6.07, 6.45) is 3.75. The van der Waals surface area contributed by atoms with Crippen LogP contribution in [0.1, 0.15) is 37.7 Å². The Bertz CT molecular complexity index is 442. The Kier molecular flexibility index (Phi) is 3.50. The van der Waals surface area contributed by atoms with E-state index in [1.807, 2.05) is 0 Å². The average molecular weight is 308 g/mol. The molecule has 0 aliphatic heterocycles. The summed E-state index contributed by atoms with van der Waals surface area (Å²) in [6, 6.07) is 0.686. The van der Waals surface area contributed by atoms with E-state index >= 15 is 0 Å². The lowest BCUT2D eigenvalue weighted by molar-refractivity contribution is 0.281. The van der Waals surface area contributed by atoms with Gasteiger partial charge in [-0.25, -0.2) is 13.2 Å². The van der Waals surface area contributed by atoms with Crippen LogP contribution in [0.5, 0.6) is 0 Å². The Hall–Kier alpha value is -0.550. The minimum absolute atomic E-state index is 0.189. The molecule has 0 atom stereocenters. The third-order valence-electron chi connectivity index (χ3n) is 3.36. The second-order valence-corrected chi connectivity index (χ2v) is 5.35. The van der Waals surface area contributed by atoms with Crippen molar-refractivity contribution >= 4 is 15.9 Å². The van der Waals surface area contributed by atoms with Crippen LogP contribution in [0, 0.1) is 17.5 Å². The maximum atomic E-state index is 13.9. The molecule has 5 heteroatoms. The number of benzene rings is 1. The van der Waals surface area contributed by atoms with E-state index in [9.17, 15) is 13.2 Å². The molecule has 0 heterocycles. The molecule has 1 saturated carbocycles. The van der Waals surface area contributed by atoms with Crippen molar-refractivity contribution in [2.24, 2.45) is 5.73 Å². The zero-order chi connectivity index (χ0) is 12.6. The summed E-state index contributed by atoms with van der Waals surface area (Å²) < 4.78 is 40.5. The molecule has 0 amide bonds. The monoisotopic (exact) mass is 307 g/mol. The number of hydrogen-bond donors (Lipinski definition) is 1. The molecule has 0 radical (unpaired) electrons. The Balaban J connectivity index is 2.54. The first-order chi connectivity index (χ1) is 7.96. The van der Waals surface area contributed by atoms with Crippen LogP contribution in [0.2, 0.25) is 0 Å². The van der Waals surface area contributed by atoms with E-state index in [0.29, 0.717) is 18.9 Å². The third-order valence-corrected chi connectivity index (χ3v) is 4.08. The predicted octanol–water partition coefficient (Wildman–Crippen LogP) is 3.98. The van der Waals surface area contributed by atoms with E-state index < -0.39 is 23.0 Å². The molecule has 0 aromatic heterocycles. The quantitative estimate of drug-likeness (QED) is 0.616. The Morgan fingerprint density at radius 3 is 2.24 bits per heavy atom. The van der Waals surface area contributed by atoms with Crippen molar-refractivity contribution in [3.05, 3.63) is 33.6 Å². The van der Waals surface area contributed by atoms with Gasteiger partial charge < -0.3 is 5.73 Å². The van der Waals surface area contributed by atoms with Crippen molar-refractivity contribution in [1.29, 1.82) is 0 Å². The molecule has 1 aliphatic rings. The summed E-state index contributed by atoms with van der Waals surface area (Å²) in [5.41, 5.74) is 4.88. The second-order valence-electron chi connectivity index (χ2n) is 4.56. The molecule has 94 valence electrons. The molecule has 1 aromatic rings. The highest BCUT2D eigenvalue weighted by molar-refractivity contribution is 9.10. The van der Waals surface area contributed by atoms with Gasteiger partial charge in [0.15, 0.2) is 0 Å². The van der Waals surface area contributed by atoms with Crippen LogP contribution >= 0.6 is 15.9 Å².